The minimum absolute atomic E-state index is 0.794. The van der Waals surface area contributed by atoms with Crippen molar-refractivity contribution in [3.63, 3.8) is 0 Å². The van der Waals surface area contributed by atoms with E-state index in [1.807, 2.05) is 6.07 Å². The van der Waals surface area contributed by atoms with Gasteiger partial charge in [0.2, 0.25) is 0 Å². The van der Waals surface area contributed by atoms with Gasteiger partial charge in [0.05, 0.1) is 5.02 Å². The maximum absolute atomic E-state index is 6.14. The monoisotopic (exact) mass is 273 g/mol. The maximum Gasteiger partial charge on any atom is 0.0558 e. The van der Waals surface area contributed by atoms with E-state index in [1.165, 1.54) is 37.2 Å². The van der Waals surface area contributed by atoms with Crippen LogP contribution in [0.3, 0.4) is 0 Å². The van der Waals surface area contributed by atoms with Crippen LogP contribution in [-0.4, -0.2) is 31.7 Å². The zero-order valence-corrected chi connectivity index (χ0v) is 11.9. The third kappa shape index (κ3) is 3.95. The first kappa shape index (κ1) is 13.3. The average Bonchev–Trinajstić information content (AvgIpc) is 2.73. The van der Waals surface area contributed by atoms with Crippen molar-refractivity contribution in [1.29, 1.82) is 0 Å². The molecule has 0 amide bonds. The second-order valence-corrected chi connectivity index (χ2v) is 6.12. The number of likely N-dealkylation sites (tertiary alicyclic amines) is 1. The minimum Gasteiger partial charge on any atom is -0.385 e. The molecule has 4 heteroatoms. The number of hydrogen-bond donors (Lipinski definition) is 0. The molecule has 1 aromatic rings. The number of rotatable bonds is 5. The highest BCUT2D eigenvalue weighted by atomic mass is 35.5. The molecule has 0 radical (unpaired) electrons. The van der Waals surface area contributed by atoms with E-state index in [1.54, 1.807) is 18.4 Å². The highest BCUT2D eigenvalue weighted by molar-refractivity contribution is 7.10. The van der Waals surface area contributed by atoms with Gasteiger partial charge < -0.3 is 4.74 Å². The highest BCUT2D eigenvalue weighted by Gasteiger charge is 2.20. The standard InChI is InChI=1S/C13H20ClNOS/c1-16-7-4-11-3-2-6-15(9-11)10-13-12(14)5-8-17-13/h5,8,11H,2-4,6-7,9-10H2,1H3/t11-/m1/s1. The van der Waals surface area contributed by atoms with E-state index >= 15 is 0 Å². The molecule has 1 fully saturated rings. The van der Waals surface area contributed by atoms with Gasteiger partial charge in [0.25, 0.3) is 0 Å². The van der Waals surface area contributed by atoms with Crippen LogP contribution in [0.5, 0.6) is 0 Å². The van der Waals surface area contributed by atoms with Crippen LogP contribution in [-0.2, 0) is 11.3 Å². The molecule has 0 unspecified atom stereocenters. The molecule has 2 heterocycles. The first-order valence-electron chi connectivity index (χ1n) is 6.22. The summed E-state index contributed by atoms with van der Waals surface area (Å²) in [4.78, 5) is 3.83. The molecule has 0 N–H and O–H groups in total. The molecule has 1 aliphatic heterocycles. The van der Waals surface area contributed by atoms with E-state index < -0.39 is 0 Å². The fourth-order valence-corrected chi connectivity index (χ4v) is 3.59. The molecule has 2 nitrogen and oxygen atoms in total. The molecule has 2 rings (SSSR count). The first-order valence-corrected chi connectivity index (χ1v) is 7.48. The van der Waals surface area contributed by atoms with Gasteiger partial charge in [0.15, 0.2) is 0 Å². The van der Waals surface area contributed by atoms with E-state index in [9.17, 15) is 0 Å². The van der Waals surface area contributed by atoms with Crippen molar-refractivity contribution < 1.29 is 4.74 Å². The van der Waals surface area contributed by atoms with Gasteiger partial charge in [-0.15, -0.1) is 11.3 Å². The Hall–Kier alpha value is -0.0900. The first-order chi connectivity index (χ1) is 8.29. The summed E-state index contributed by atoms with van der Waals surface area (Å²) in [6, 6.07) is 1.99. The summed E-state index contributed by atoms with van der Waals surface area (Å²) in [6.45, 7) is 4.30. The number of nitrogens with zero attached hydrogens (tertiary/aromatic N) is 1. The van der Waals surface area contributed by atoms with Crippen molar-refractivity contribution in [2.75, 3.05) is 26.8 Å². The summed E-state index contributed by atoms with van der Waals surface area (Å²) in [7, 11) is 1.78. The lowest BCUT2D eigenvalue weighted by Gasteiger charge is -2.32. The Kier molecular flexibility index (Phi) is 5.29. The molecule has 1 aromatic heterocycles. The quantitative estimate of drug-likeness (QED) is 0.812. The van der Waals surface area contributed by atoms with E-state index in [4.69, 9.17) is 16.3 Å². The van der Waals surface area contributed by atoms with Crippen molar-refractivity contribution in [3.8, 4) is 0 Å². The van der Waals surface area contributed by atoms with Gasteiger partial charge in [0, 0.05) is 31.7 Å². The van der Waals surface area contributed by atoms with Gasteiger partial charge in [-0.3, -0.25) is 4.90 Å². The normalized spacial score (nSPS) is 21.9. The van der Waals surface area contributed by atoms with E-state index in [-0.39, 0.29) is 0 Å². The summed E-state index contributed by atoms with van der Waals surface area (Å²) < 4.78 is 5.17. The Morgan fingerprint density at radius 1 is 1.59 bits per heavy atom. The number of thiophene rings is 1. The maximum atomic E-state index is 6.14. The van der Waals surface area contributed by atoms with Crippen molar-refractivity contribution in [2.24, 2.45) is 5.92 Å². The van der Waals surface area contributed by atoms with Gasteiger partial charge >= 0.3 is 0 Å². The summed E-state index contributed by atoms with van der Waals surface area (Å²) in [5.41, 5.74) is 0. The Bertz CT molecular complexity index is 342. The second-order valence-electron chi connectivity index (χ2n) is 4.72. The Morgan fingerprint density at radius 2 is 2.47 bits per heavy atom. The zero-order valence-electron chi connectivity index (χ0n) is 10.3. The van der Waals surface area contributed by atoms with Crippen LogP contribution in [0.25, 0.3) is 0 Å². The molecule has 1 aliphatic rings. The van der Waals surface area contributed by atoms with Gasteiger partial charge in [-0.1, -0.05) is 11.6 Å². The fraction of sp³-hybridized carbons (Fsp3) is 0.692. The van der Waals surface area contributed by atoms with Gasteiger partial charge in [0.1, 0.15) is 0 Å². The van der Waals surface area contributed by atoms with Crippen LogP contribution in [0, 0.1) is 5.92 Å². The molecular formula is C13H20ClNOS. The van der Waals surface area contributed by atoms with Gasteiger partial charge in [-0.25, -0.2) is 0 Å². The Labute approximate surface area is 113 Å². The predicted octanol–water partition coefficient (Wildman–Crippen LogP) is 3.65. The number of ether oxygens (including phenoxy) is 1. The Balaban J connectivity index is 1.83. The van der Waals surface area contributed by atoms with Gasteiger partial charge in [-0.2, -0.15) is 0 Å². The van der Waals surface area contributed by atoms with Crippen LogP contribution in [0.4, 0.5) is 0 Å². The van der Waals surface area contributed by atoms with Crippen LogP contribution in [0.1, 0.15) is 24.1 Å². The number of hydrogen-bond acceptors (Lipinski definition) is 3. The van der Waals surface area contributed by atoms with E-state index in [2.05, 4.69) is 10.3 Å². The molecule has 1 saturated heterocycles. The van der Waals surface area contributed by atoms with Crippen molar-refractivity contribution in [2.45, 2.75) is 25.8 Å². The molecule has 0 spiro atoms. The van der Waals surface area contributed by atoms with Gasteiger partial charge in [-0.05, 0) is 43.2 Å². The lowest BCUT2D eigenvalue weighted by molar-refractivity contribution is 0.124. The van der Waals surface area contributed by atoms with Crippen LogP contribution in [0.15, 0.2) is 11.4 Å². The second kappa shape index (κ2) is 6.74. The highest BCUT2D eigenvalue weighted by Crippen LogP contribution is 2.26. The number of methoxy groups -OCH3 is 1. The fourth-order valence-electron chi connectivity index (χ4n) is 2.46. The summed E-state index contributed by atoms with van der Waals surface area (Å²) in [6.07, 6.45) is 3.83. The summed E-state index contributed by atoms with van der Waals surface area (Å²) in [5.74, 6) is 0.794. The smallest absolute Gasteiger partial charge is 0.0558 e. The van der Waals surface area contributed by atoms with Crippen molar-refractivity contribution in [1.82, 2.24) is 4.90 Å². The third-order valence-corrected chi connectivity index (χ3v) is 4.76. The van der Waals surface area contributed by atoms with Crippen molar-refractivity contribution >= 4 is 22.9 Å². The number of piperidine rings is 1. The largest absolute Gasteiger partial charge is 0.385 e. The van der Waals surface area contributed by atoms with Crippen LogP contribution < -0.4 is 0 Å². The molecule has 0 saturated carbocycles. The molecule has 0 aromatic carbocycles. The molecule has 1 atom stereocenters. The van der Waals surface area contributed by atoms with E-state index in [0.717, 1.165) is 24.1 Å². The lowest BCUT2D eigenvalue weighted by Crippen LogP contribution is -2.35. The number of halogens is 1. The summed E-state index contributed by atoms with van der Waals surface area (Å²) >= 11 is 7.91. The van der Waals surface area contributed by atoms with Crippen molar-refractivity contribution in [3.05, 3.63) is 21.3 Å². The third-order valence-electron chi connectivity index (χ3n) is 3.39. The minimum atomic E-state index is 0.794. The molecule has 17 heavy (non-hydrogen) atoms. The molecule has 96 valence electrons. The SMILES string of the molecule is COCC[C@H]1CCCN(Cc2sccc2Cl)C1. The zero-order chi connectivity index (χ0) is 12.1. The summed E-state index contributed by atoms with van der Waals surface area (Å²) in [5, 5.41) is 3.00. The molecule has 0 aliphatic carbocycles. The van der Waals surface area contributed by atoms with Crippen LogP contribution >= 0.6 is 22.9 Å². The van der Waals surface area contributed by atoms with Crippen LogP contribution in [0.2, 0.25) is 5.02 Å². The topological polar surface area (TPSA) is 12.5 Å². The molecular weight excluding hydrogens is 254 g/mol. The average molecular weight is 274 g/mol. The van der Waals surface area contributed by atoms with E-state index in [0.29, 0.717) is 0 Å². The lowest BCUT2D eigenvalue weighted by atomic mass is 9.95. The predicted molar refractivity (Wildman–Crippen MR) is 73.8 cm³/mol. The molecule has 0 bridgehead atoms. The Morgan fingerprint density at radius 3 is 3.18 bits per heavy atom.